The van der Waals surface area contributed by atoms with E-state index >= 15 is 0 Å². The molecular formula is C22H32O2Sn. The van der Waals surface area contributed by atoms with Gasteiger partial charge in [0.2, 0.25) is 0 Å². The van der Waals surface area contributed by atoms with Gasteiger partial charge in [0, 0.05) is 0 Å². The Hall–Kier alpha value is -1.16. The fourth-order valence-electron chi connectivity index (χ4n) is 2.90. The average molecular weight is 447 g/mol. The number of aryl methyl sites for hydroxylation is 2. The Morgan fingerprint density at radius 2 is 1.08 bits per heavy atom. The van der Waals surface area contributed by atoms with Crippen LogP contribution in [-0.2, 0) is 12.8 Å². The van der Waals surface area contributed by atoms with Gasteiger partial charge in [0.25, 0.3) is 0 Å². The van der Waals surface area contributed by atoms with Gasteiger partial charge in [-0.2, -0.15) is 0 Å². The molecule has 25 heavy (non-hydrogen) atoms. The molecule has 0 heterocycles. The molecule has 0 saturated carbocycles. The molecule has 0 bridgehead atoms. The Morgan fingerprint density at radius 1 is 0.680 bits per heavy atom. The summed E-state index contributed by atoms with van der Waals surface area (Å²) in [6.45, 7) is 4.45. The van der Waals surface area contributed by atoms with Crippen LogP contribution in [0, 0.1) is 0 Å². The second-order valence-corrected chi connectivity index (χ2v) is 16.2. The fourth-order valence-corrected chi connectivity index (χ4v) is 7.18. The molecule has 0 atom stereocenters. The SMILES string of the molecule is CCCCc1ccccc1[O][Sn]([CH3])([CH3])[O]c1ccccc1CCCC. The Morgan fingerprint density at radius 3 is 1.48 bits per heavy atom. The van der Waals surface area contributed by atoms with Crippen molar-refractivity contribution < 1.29 is 6.15 Å². The summed E-state index contributed by atoms with van der Waals surface area (Å²) in [4.78, 5) is 4.39. The zero-order chi connectivity index (χ0) is 18.1. The van der Waals surface area contributed by atoms with Crippen LogP contribution in [0.1, 0.15) is 50.7 Å². The number of hydrogen-bond acceptors (Lipinski definition) is 2. The molecule has 0 aliphatic carbocycles. The molecule has 0 saturated heterocycles. The van der Waals surface area contributed by atoms with E-state index in [4.69, 9.17) is 6.15 Å². The summed E-state index contributed by atoms with van der Waals surface area (Å²) in [6, 6.07) is 16.9. The molecule has 0 aliphatic heterocycles. The maximum atomic E-state index is 6.48. The Bertz CT molecular complexity index is 596. The van der Waals surface area contributed by atoms with Crippen LogP contribution in [0.25, 0.3) is 0 Å². The molecule has 2 nitrogen and oxygen atoms in total. The van der Waals surface area contributed by atoms with Crippen LogP contribution in [0.2, 0.25) is 9.88 Å². The van der Waals surface area contributed by atoms with Crippen molar-refractivity contribution in [2.45, 2.75) is 62.3 Å². The molecule has 0 aliphatic rings. The van der Waals surface area contributed by atoms with Crippen molar-refractivity contribution in [2.24, 2.45) is 0 Å². The first kappa shape index (κ1) is 20.2. The van der Waals surface area contributed by atoms with Crippen molar-refractivity contribution >= 4 is 19.2 Å². The summed E-state index contributed by atoms with van der Waals surface area (Å²) >= 11 is -3.15. The van der Waals surface area contributed by atoms with Crippen LogP contribution in [0.4, 0.5) is 0 Å². The summed E-state index contributed by atoms with van der Waals surface area (Å²) in [5.41, 5.74) is 2.61. The zero-order valence-electron chi connectivity index (χ0n) is 16.2. The first-order valence-corrected chi connectivity index (χ1v) is 17.6. The van der Waals surface area contributed by atoms with Gasteiger partial charge < -0.3 is 0 Å². The Kier molecular flexibility index (Phi) is 8.14. The van der Waals surface area contributed by atoms with Gasteiger partial charge >= 0.3 is 159 Å². The molecule has 0 unspecified atom stereocenters. The maximum absolute atomic E-state index is 6.48. The molecule has 0 fully saturated rings. The number of benzene rings is 2. The standard InChI is InChI=1S/2C10H14O.2CH3.Sn/c2*1-2-3-6-9-7-4-5-8-10(9)11;;;/h2*4-5,7-8,11H,2-3,6H2,1H3;2*1H3;/q;;;;+2/p-2. The third-order valence-electron chi connectivity index (χ3n) is 4.26. The third kappa shape index (κ3) is 6.57. The van der Waals surface area contributed by atoms with E-state index in [1.165, 1.54) is 36.8 Å². The van der Waals surface area contributed by atoms with Crippen molar-refractivity contribution in [3.63, 3.8) is 0 Å². The van der Waals surface area contributed by atoms with E-state index in [-0.39, 0.29) is 0 Å². The number of para-hydroxylation sites is 2. The van der Waals surface area contributed by atoms with E-state index in [2.05, 4.69) is 72.3 Å². The predicted molar refractivity (Wildman–Crippen MR) is 109 cm³/mol. The monoisotopic (exact) mass is 448 g/mol. The van der Waals surface area contributed by atoms with E-state index in [0.717, 1.165) is 24.3 Å². The number of hydrogen-bond donors (Lipinski definition) is 0. The number of unbranched alkanes of at least 4 members (excludes halogenated alkanes) is 2. The van der Waals surface area contributed by atoms with Crippen molar-refractivity contribution in [1.29, 1.82) is 0 Å². The van der Waals surface area contributed by atoms with Gasteiger partial charge in [0.15, 0.2) is 0 Å². The molecule has 3 heteroatoms. The first-order valence-electron chi connectivity index (χ1n) is 9.59. The van der Waals surface area contributed by atoms with E-state index in [9.17, 15) is 0 Å². The number of rotatable bonds is 10. The zero-order valence-corrected chi connectivity index (χ0v) is 19.0. The van der Waals surface area contributed by atoms with Gasteiger partial charge in [-0.1, -0.05) is 0 Å². The van der Waals surface area contributed by atoms with Crippen molar-refractivity contribution in [3.05, 3.63) is 59.7 Å². The van der Waals surface area contributed by atoms with Crippen LogP contribution in [0.15, 0.2) is 48.5 Å². The molecule has 0 spiro atoms. The molecular weight excluding hydrogens is 415 g/mol. The van der Waals surface area contributed by atoms with Gasteiger partial charge in [0.1, 0.15) is 0 Å². The first-order chi connectivity index (χ1) is 12.1. The molecule has 0 amide bonds. The second-order valence-electron chi connectivity index (χ2n) is 7.03. The average Bonchev–Trinajstić information content (AvgIpc) is 2.59. The van der Waals surface area contributed by atoms with Crippen LogP contribution >= 0.6 is 0 Å². The van der Waals surface area contributed by atoms with E-state index in [1.807, 2.05) is 0 Å². The predicted octanol–water partition coefficient (Wildman–Crippen LogP) is 6.53. The van der Waals surface area contributed by atoms with Crippen LogP contribution in [-0.4, -0.2) is 19.2 Å². The summed E-state index contributed by atoms with van der Waals surface area (Å²) in [5.74, 6) is 2.03. The quantitative estimate of drug-likeness (QED) is 0.386. The fraction of sp³-hybridized carbons (Fsp3) is 0.455. The van der Waals surface area contributed by atoms with Gasteiger partial charge in [-0.3, -0.25) is 0 Å². The molecule has 0 N–H and O–H groups in total. The van der Waals surface area contributed by atoms with E-state index in [0.29, 0.717) is 0 Å². The van der Waals surface area contributed by atoms with E-state index < -0.39 is 19.2 Å². The Balaban J connectivity index is 2.12. The third-order valence-corrected chi connectivity index (χ3v) is 8.32. The van der Waals surface area contributed by atoms with Crippen molar-refractivity contribution in [1.82, 2.24) is 0 Å². The summed E-state index contributed by atoms with van der Waals surface area (Å²) in [5, 5.41) is 0. The Labute approximate surface area is 158 Å². The van der Waals surface area contributed by atoms with Crippen LogP contribution in [0.5, 0.6) is 11.5 Å². The molecule has 2 rings (SSSR count). The molecule has 2 aromatic carbocycles. The molecule has 2 aromatic rings. The minimum absolute atomic E-state index is 1.02. The minimum atomic E-state index is -3.15. The normalized spacial score (nSPS) is 11.4. The van der Waals surface area contributed by atoms with Gasteiger partial charge in [-0.25, -0.2) is 0 Å². The van der Waals surface area contributed by atoms with Gasteiger partial charge in [-0.15, -0.1) is 0 Å². The molecule has 136 valence electrons. The van der Waals surface area contributed by atoms with Crippen molar-refractivity contribution in [3.8, 4) is 11.5 Å². The summed E-state index contributed by atoms with van der Waals surface area (Å²) in [6.07, 6.45) is 6.92. The van der Waals surface area contributed by atoms with Crippen LogP contribution < -0.4 is 6.15 Å². The second kappa shape index (κ2) is 10.1. The molecule has 0 aromatic heterocycles. The van der Waals surface area contributed by atoms with Gasteiger partial charge in [-0.05, 0) is 0 Å². The van der Waals surface area contributed by atoms with Gasteiger partial charge in [0.05, 0.1) is 0 Å². The molecule has 0 radical (unpaired) electrons. The summed E-state index contributed by atoms with van der Waals surface area (Å²) in [7, 11) is 0. The van der Waals surface area contributed by atoms with Crippen molar-refractivity contribution in [2.75, 3.05) is 0 Å². The van der Waals surface area contributed by atoms with Crippen LogP contribution in [0.3, 0.4) is 0 Å². The summed E-state index contributed by atoms with van der Waals surface area (Å²) < 4.78 is 13.0. The topological polar surface area (TPSA) is 18.5 Å². The van der Waals surface area contributed by atoms with E-state index in [1.54, 1.807) is 0 Å².